The number of methoxy groups -OCH3 is 2. The van der Waals surface area contributed by atoms with Gasteiger partial charge in [0.1, 0.15) is 0 Å². The van der Waals surface area contributed by atoms with Gasteiger partial charge in [-0.3, -0.25) is 4.79 Å². The van der Waals surface area contributed by atoms with E-state index in [0.29, 0.717) is 23.8 Å². The molecular weight excluding hydrogens is 394 g/mol. The first kappa shape index (κ1) is 22.4. The predicted molar refractivity (Wildman–Crippen MR) is 120 cm³/mol. The van der Waals surface area contributed by atoms with Crippen molar-refractivity contribution in [2.45, 2.75) is 19.9 Å². The number of nitrogens with zero attached hydrogens (tertiary/aromatic N) is 2. The van der Waals surface area contributed by atoms with Crippen LogP contribution < -0.4 is 14.8 Å². The van der Waals surface area contributed by atoms with Crippen LogP contribution in [-0.2, 0) is 0 Å². The number of nitrogens with one attached hydrogen (secondary N) is 1. The highest BCUT2D eigenvalue weighted by Crippen LogP contribution is 2.31. The topological polar surface area (TPSA) is 76.8 Å². The summed E-state index contributed by atoms with van der Waals surface area (Å²) in [6.07, 6.45) is 0. The van der Waals surface area contributed by atoms with E-state index in [0.717, 1.165) is 16.7 Å². The Morgan fingerprint density at radius 1 is 1.03 bits per heavy atom. The van der Waals surface area contributed by atoms with Gasteiger partial charge in [0.05, 0.1) is 20.3 Å². The van der Waals surface area contributed by atoms with Crippen LogP contribution in [0.3, 0.4) is 0 Å². The van der Waals surface area contributed by atoms with Gasteiger partial charge in [0.15, 0.2) is 23.0 Å². The molecule has 3 rings (SSSR count). The summed E-state index contributed by atoms with van der Waals surface area (Å²) in [5.41, 5.74) is 4.50. The molecule has 0 aliphatic carbocycles. The SMILES string of the molecule is COc1ccc([C@@H](CNC(=O)c2cc(-c3ccc(C)c(C)c3)on2)N(C)C)cc1OC. The summed E-state index contributed by atoms with van der Waals surface area (Å²) >= 11 is 0. The quantitative estimate of drug-likeness (QED) is 0.590. The first-order valence-electron chi connectivity index (χ1n) is 10.0. The minimum absolute atomic E-state index is 0.0603. The highest BCUT2D eigenvalue weighted by Gasteiger charge is 2.20. The monoisotopic (exact) mass is 423 g/mol. The Labute approximate surface area is 182 Å². The number of hydrogen-bond donors (Lipinski definition) is 1. The van der Waals surface area contributed by atoms with E-state index in [-0.39, 0.29) is 17.6 Å². The number of carbonyl (C=O) groups excluding carboxylic acids is 1. The maximum absolute atomic E-state index is 12.7. The van der Waals surface area contributed by atoms with E-state index >= 15 is 0 Å². The maximum atomic E-state index is 12.7. The lowest BCUT2D eigenvalue weighted by atomic mass is 10.0. The van der Waals surface area contributed by atoms with Crippen LogP contribution in [-0.4, -0.2) is 50.8 Å². The van der Waals surface area contributed by atoms with Gasteiger partial charge < -0.3 is 24.2 Å². The van der Waals surface area contributed by atoms with E-state index in [1.165, 1.54) is 5.56 Å². The van der Waals surface area contributed by atoms with Crippen molar-refractivity contribution in [2.24, 2.45) is 0 Å². The number of rotatable bonds is 8. The summed E-state index contributed by atoms with van der Waals surface area (Å²) < 4.78 is 16.1. The number of benzene rings is 2. The Kier molecular flexibility index (Phi) is 6.97. The molecule has 0 spiro atoms. The van der Waals surface area contributed by atoms with Crippen LogP contribution in [0.4, 0.5) is 0 Å². The van der Waals surface area contributed by atoms with Gasteiger partial charge in [0.2, 0.25) is 0 Å². The minimum Gasteiger partial charge on any atom is -0.493 e. The van der Waals surface area contributed by atoms with Crippen molar-refractivity contribution < 1.29 is 18.8 Å². The number of hydrogen-bond acceptors (Lipinski definition) is 6. The van der Waals surface area contributed by atoms with Crippen LogP contribution in [0.15, 0.2) is 47.0 Å². The molecule has 0 aliphatic heterocycles. The van der Waals surface area contributed by atoms with Crippen molar-refractivity contribution in [3.8, 4) is 22.8 Å². The third-order valence-corrected chi connectivity index (χ3v) is 5.41. The van der Waals surface area contributed by atoms with Gasteiger partial charge in [-0.1, -0.05) is 23.4 Å². The average molecular weight is 424 g/mol. The molecule has 1 N–H and O–H groups in total. The molecule has 1 amide bonds. The molecule has 0 saturated carbocycles. The lowest BCUT2D eigenvalue weighted by Crippen LogP contribution is -2.34. The fraction of sp³-hybridized carbons (Fsp3) is 0.333. The first-order valence-corrected chi connectivity index (χ1v) is 10.0. The Hall–Kier alpha value is -3.32. The summed E-state index contributed by atoms with van der Waals surface area (Å²) in [6, 6.07) is 13.4. The summed E-state index contributed by atoms with van der Waals surface area (Å²) in [6.45, 7) is 4.49. The van der Waals surface area contributed by atoms with Crippen molar-refractivity contribution in [3.63, 3.8) is 0 Å². The zero-order valence-corrected chi connectivity index (χ0v) is 18.9. The van der Waals surface area contributed by atoms with Crippen molar-refractivity contribution in [2.75, 3.05) is 34.9 Å². The normalized spacial score (nSPS) is 12.0. The molecule has 2 aromatic carbocycles. The van der Waals surface area contributed by atoms with Gasteiger partial charge >= 0.3 is 0 Å². The molecule has 1 heterocycles. The first-order chi connectivity index (χ1) is 14.8. The largest absolute Gasteiger partial charge is 0.493 e. The Morgan fingerprint density at radius 3 is 2.42 bits per heavy atom. The molecule has 0 fully saturated rings. The number of aromatic nitrogens is 1. The maximum Gasteiger partial charge on any atom is 0.273 e. The third-order valence-electron chi connectivity index (χ3n) is 5.41. The summed E-state index contributed by atoms with van der Waals surface area (Å²) in [5.74, 6) is 1.59. The van der Waals surface area contributed by atoms with Gasteiger partial charge in [0.25, 0.3) is 5.91 Å². The molecule has 0 bridgehead atoms. The molecule has 7 nitrogen and oxygen atoms in total. The van der Waals surface area contributed by atoms with Gasteiger partial charge in [0, 0.05) is 18.2 Å². The molecule has 0 aliphatic rings. The zero-order valence-electron chi connectivity index (χ0n) is 18.9. The zero-order chi connectivity index (χ0) is 22.5. The second-order valence-corrected chi connectivity index (χ2v) is 7.68. The number of carbonyl (C=O) groups is 1. The molecule has 1 aromatic heterocycles. The average Bonchev–Trinajstić information content (AvgIpc) is 3.25. The third kappa shape index (κ3) is 5.06. The van der Waals surface area contributed by atoms with E-state index in [9.17, 15) is 4.79 Å². The van der Waals surface area contributed by atoms with Crippen LogP contribution in [0.25, 0.3) is 11.3 Å². The Balaban J connectivity index is 1.72. The Bertz CT molecular complexity index is 1060. The number of ether oxygens (including phenoxy) is 2. The predicted octanol–water partition coefficient (Wildman–Crippen LogP) is 4.01. The van der Waals surface area contributed by atoms with Crippen molar-refractivity contribution in [3.05, 3.63) is 64.8 Å². The van der Waals surface area contributed by atoms with Crippen LogP contribution in [0, 0.1) is 13.8 Å². The lowest BCUT2D eigenvalue weighted by molar-refractivity contribution is 0.0933. The Morgan fingerprint density at radius 2 is 1.77 bits per heavy atom. The highest BCUT2D eigenvalue weighted by atomic mass is 16.5. The van der Waals surface area contributed by atoms with Crippen molar-refractivity contribution >= 4 is 5.91 Å². The van der Waals surface area contributed by atoms with Crippen LogP contribution in [0.2, 0.25) is 0 Å². The molecule has 0 saturated heterocycles. The van der Waals surface area contributed by atoms with Crippen molar-refractivity contribution in [1.82, 2.24) is 15.4 Å². The van der Waals surface area contributed by atoms with Crippen molar-refractivity contribution in [1.29, 1.82) is 0 Å². The molecular formula is C24H29N3O4. The van der Waals surface area contributed by atoms with E-state index < -0.39 is 0 Å². The summed E-state index contributed by atoms with van der Waals surface area (Å²) in [7, 11) is 7.12. The fourth-order valence-corrected chi connectivity index (χ4v) is 3.35. The van der Waals surface area contributed by atoms with Crippen LogP contribution in [0.1, 0.15) is 33.2 Å². The number of amides is 1. The van der Waals surface area contributed by atoms with Gasteiger partial charge in [-0.25, -0.2) is 0 Å². The van der Waals surface area contributed by atoms with Crippen LogP contribution >= 0.6 is 0 Å². The van der Waals surface area contributed by atoms with E-state index in [1.807, 2.05) is 62.3 Å². The summed E-state index contributed by atoms with van der Waals surface area (Å²) in [4.78, 5) is 14.7. The fourth-order valence-electron chi connectivity index (χ4n) is 3.35. The van der Waals surface area contributed by atoms with Gasteiger partial charge in [-0.2, -0.15) is 0 Å². The lowest BCUT2D eigenvalue weighted by Gasteiger charge is -2.25. The molecule has 164 valence electrons. The van der Waals surface area contributed by atoms with Crippen LogP contribution in [0.5, 0.6) is 11.5 Å². The molecule has 0 radical (unpaired) electrons. The molecule has 1 atom stereocenters. The standard InChI is InChI=1S/C24H29N3O4/c1-15-7-8-18(11-16(15)2)22-13-19(26-31-22)24(28)25-14-20(27(3)4)17-9-10-21(29-5)23(12-17)30-6/h7-13,20H,14H2,1-6H3,(H,25,28)/t20-/m1/s1. The molecule has 7 heteroatoms. The van der Waals surface area contributed by atoms with Gasteiger partial charge in [-0.15, -0.1) is 0 Å². The summed E-state index contributed by atoms with van der Waals surface area (Å²) in [5, 5.41) is 6.91. The van der Waals surface area contributed by atoms with Gasteiger partial charge in [-0.05, 0) is 62.8 Å². The minimum atomic E-state index is -0.286. The highest BCUT2D eigenvalue weighted by molar-refractivity contribution is 5.93. The second-order valence-electron chi connectivity index (χ2n) is 7.68. The molecule has 0 unspecified atom stereocenters. The second kappa shape index (κ2) is 9.66. The number of aryl methyl sites for hydroxylation is 2. The van der Waals surface area contributed by atoms with E-state index in [4.69, 9.17) is 14.0 Å². The van der Waals surface area contributed by atoms with E-state index in [1.54, 1.807) is 20.3 Å². The molecule has 3 aromatic rings. The molecule has 31 heavy (non-hydrogen) atoms. The van der Waals surface area contributed by atoms with E-state index in [2.05, 4.69) is 17.4 Å². The number of likely N-dealkylation sites (N-methyl/N-ethyl adjacent to an activating group) is 1. The smallest absolute Gasteiger partial charge is 0.273 e.